The number of halogens is 1. The number of nitrogens with one attached hydrogen (secondary N) is 1. The van der Waals surface area contributed by atoms with E-state index >= 15 is 0 Å². The molecule has 1 unspecified atom stereocenters. The maximum atomic E-state index is 13.4. The van der Waals surface area contributed by atoms with Crippen LogP contribution in [0.2, 0.25) is 5.02 Å². The van der Waals surface area contributed by atoms with Crippen molar-refractivity contribution >= 4 is 29.0 Å². The topological polar surface area (TPSA) is 73.2 Å². The first-order valence-electron chi connectivity index (χ1n) is 10.6. The molecule has 1 N–H and O–H groups in total. The number of hydrogen-bond donors (Lipinski definition) is 1. The number of rotatable bonds is 5. The average molecular weight is 434 g/mol. The summed E-state index contributed by atoms with van der Waals surface area (Å²) in [6.45, 7) is 0.205. The Morgan fingerprint density at radius 1 is 1.06 bits per heavy atom. The van der Waals surface area contributed by atoms with Crippen molar-refractivity contribution < 1.29 is 9.59 Å². The Labute approximate surface area is 187 Å². The van der Waals surface area contributed by atoms with Gasteiger partial charge in [0.05, 0.1) is 0 Å². The quantitative estimate of drug-likeness (QED) is 0.745. The Morgan fingerprint density at radius 2 is 1.74 bits per heavy atom. The molecule has 1 fully saturated rings. The summed E-state index contributed by atoms with van der Waals surface area (Å²) in [5, 5.41) is 13.4. The highest BCUT2D eigenvalue weighted by atomic mass is 35.5. The Kier molecular flexibility index (Phi) is 6.39. The van der Waals surface area contributed by atoms with Gasteiger partial charge in [0, 0.05) is 23.2 Å². The van der Waals surface area contributed by atoms with Gasteiger partial charge in [0.2, 0.25) is 5.91 Å². The van der Waals surface area contributed by atoms with Crippen LogP contribution >= 0.6 is 11.6 Å². The van der Waals surface area contributed by atoms with Crippen molar-refractivity contribution in [2.45, 2.75) is 44.2 Å². The SMILES string of the molecule is N#CC1=C(c2ccccc2)CN(C(C(=O)NC2CCCCC2)c2ccc(Cl)cc2)C1=O. The summed E-state index contributed by atoms with van der Waals surface area (Å²) in [5.41, 5.74) is 2.24. The minimum Gasteiger partial charge on any atom is -0.351 e. The van der Waals surface area contributed by atoms with Crippen LogP contribution in [0.3, 0.4) is 0 Å². The zero-order valence-electron chi connectivity index (χ0n) is 17.2. The van der Waals surface area contributed by atoms with E-state index in [0.29, 0.717) is 16.2 Å². The molecular formula is C25H24ClN3O2. The lowest BCUT2D eigenvalue weighted by Gasteiger charge is -2.31. The number of nitriles is 1. The summed E-state index contributed by atoms with van der Waals surface area (Å²) in [6.07, 6.45) is 5.27. The summed E-state index contributed by atoms with van der Waals surface area (Å²) in [4.78, 5) is 28.2. The first-order valence-corrected chi connectivity index (χ1v) is 11.0. The zero-order valence-corrected chi connectivity index (χ0v) is 17.9. The Hall–Kier alpha value is -3.10. The van der Waals surface area contributed by atoms with E-state index in [9.17, 15) is 14.9 Å². The molecule has 1 aliphatic carbocycles. The summed E-state index contributed by atoms with van der Waals surface area (Å²) >= 11 is 6.06. The van der Waals surface area contributed by atoms with Crippen LogP contribution in [0.25, 0.3) is 5.57 Å². The van der Waals surface area contributed by atoms with E-state index in [-0.39, 0.29) is 24.1 Å². The van der Waals surface area contributed by atoms with Crippen molar-refractivity contribution in [2.24, 2.45) is 0 Å². The molecule has 0 aromatic heterocycles. The molecule has 2 aliphatic rings. The van der Waals surface area contributed by atoms with Crippen molar-refractivity contribution in [3.63, 3.8) is 0 Å². The van der Waals surface area contributed by atoms with Gasteiger partial charge < -0.3 is 10.2 Å². The molecule has 1 aliphatic heterocycles. The third-order valence-corrected chi connectivity index (χ3v) is 6.29. The molecule has 2 aromatic rings. The van der Waals surface area contributed by atoms with E-state index in [0.717, 1.165) is 31.2 Å². The van der Waals surface area contributed by atoms with Crippen LogP contribution in [0, 0.1) is 11.3 Å². The second-order valence-electron chi connectivity index (χ2n) is 8.06. The number of benzene rings is 2. The van der Waals surface area contributed by atoms with Gasteiger partial charge in [-0.15, -0.1) is 0 Å². The van der Waals surface area contributed by atoms with E-state index in [1.165, 1.54) is 11.3 Å². The van der Waals surface area contributed by atoms with E-state index < -0.39 is 11.9 Å². The fourth-order valence-electron chi connectivity index (χ4n) is 4.44. The number of carbonyl (C=O) groups is 2. The van der Waals surface area contributed by atoms with Gasteiger partial charge in [-0.2, -0.15) is 5.26 Å². The van der Waals surface area contributed by atoms with Crippen LogP contribution in [0.4, 0.5) is 0 Å². The molecule has 4 rings (SSSR count). The van der Waals surface area contributed by atoms with E-state index in [1.807, 2.05) is 30.3 Å². The standard InChI is InChI=1S/C25H24ClN3O2/c26-19-13-11-18(12-14-19)23(24(30)28-20-9-5-2-6-10-20)29-16-22(21(15-27)25(29)31)17-7-3-1-4-8-17/h1,3-4,7-8,11-14,20,23H,2,5-6,9-10,16H2,(H,28,30). The third-order valence-electron chi connectivity index (χ3n) is 6.04. The molecule has 0 radical (unpaired) electrons. The second-order valence-corrected chi connectivity index (χ2v) is 8.50. The molecule has 0 spiro atoms. The molecular weight excluding hydrogens is 410 g/mol. The molecule has 1 atom stereocenters. The minimum absolute atomic E-state index is 0.0932. The fourth-order valence-corrected chi connectivity index (χ4v) is 4.56. The van der Waals surface area contributed by atoms with Crippen molar-refractivity contribution in [2.75, 3.05) is 6.54 Å². The molecule has 6 heteroatoms. The fraction of sp³-hybridized carbons (Fsp3) is 0.320. The molecule has 31 heavy (non-hydrogen) atoms. The number of carbonyl (C=O) groups excluding carboxylic acids is 2. The second kappa shape index (κ2) is 9.36. The first kappa shape index (κ1) is 21.1. The predicted molar refractivity (Wildman–Crippen MR) is 120 cm³/mol. The predicted octanol–water partition coefficient (Wildman–Crippen LogP) is 4.65. The molecule has 0 saturated heterocycles. The van der Waals surface area contributed by atoms with Gasteiger partial charge >= 0.3 is 0 Å². The van der Waals surface area contributed by atoms with Crippen molar-refractivity contribution in [3.8, 4) is 6.07 Å². The van der Waals surface area contributed by atoms with Crippen LogP contribution in [-0.2, 0) is 9.59 Å². The maximum Gasteiger partial charge on any atom is 0.266 e. The van der Waals surface area contributed by atoms with E-state index in [4.69, 9.17) is 11.6 Å². The summed E-state index contributed by atoms with van der Waals surface area (Å²) in [6, 6.07) is 17.7. The number of amides is 2. The van der Waals surface area contributed by atoms with Gasteiger partial charge in [-0.3, -0.25) is 9.59 Å². The lowest BCUT2D eigenvalue weighted by Crippen LogP contribution is -2.46. The Balaban J connectivity index is 1.67. The highest BCUT2D eigenvalue weighted by Gasteiger charge is 2.40. The van der Waals surface area contributed by atoms with Crippen LogP contribution in [0.5, 0.6) is 0 Å². The van der Waals surface area contributed by atoms with Gasteiger partial charge in [-0.25, -0.2) is 0 Å². The number of hydrogen-bond acceptors (Lipinski definition) is 3. The Morgan fingerprint density at radius 3 is 2.39 bits per heavy atom. The van der Waals surface area contributed by atoms with Crippen LogP contribution < -0.4 is 5.32 Å². The van der Waals surface area contributed by atoms with E-state index in [1.54, 1.807) is 24.3 Å². The summed E-state index contributed by atoms with van der Waals surface area (Å²) in [5.74, 6) is -0.630. The highest BCUT2D eigenvalue weighted by molar-refractivity contribution is 6.30. The molecule has 0 bridgehead atoms. The highest BCUT2D eigenvalue weighted by Crippen LogP contribution is 2.34. The molecule has 2 aromatic carbocycles. The monoisotopic (exact) mass is 433 g/mol. The first-order chi connectivity index (χ1) is 15.1. The lowest BCUT2D eigenvalue weighted by atomic mass is 9.94. The van der Waals surface area contributed by atoms with Crippen molar-refractivity contribution in [1.29, 1.82) is 5.26 Å². The van der Waals surface area contributed by atoms with Crippen molar-refractivity contribution in [1.82, 2.24) is 10.2 Å². The zero-order chi connectivity index (χ0) is 21.8. The molecule has 158 valence electrons. The summed E-state index contributed by atoms with van der Waals surface area (Å²) < 4.78 is 0. The lowest BCUT2D eigenvalue weighted by molar-refractivity contribution is -0.136. The normalized spacial score (nSPS) is 18.1. The molecule has 1 heterocycles. The van der Waals surface area contributed by atoms with Gasteiger partial charge in [-0.05, 0) is 36.1 Å². The van der Waals surface area contributed by atoms with Crippen LogP contribution in [0.15, 0.2) is 60.2 Å². The van der Waals surface area contributed by atoms with Gasteiger partial charge in [0.15, 0.2) is 0 Å². The maximum absolute atomic E-state index is 13.4. The van der Waals surface area contributed by atoms with Gasteiger partial charge in [0.25, 0.3) is 5.91 Å². The summed E-state index contributed by atoms with van der Waals surface area (Å²) in [7, 11) is 0. The Bertz CT molecular complexity index is 1030. The van der Waals surface area contributed by atoms with E-state index in [2.05, 4.69) is 11.4 Å². The molecule has 2 amide bonds. The molecule has 5 nitrogen and oxygen atoms in total. The minimum atomic E-state index is -0.823. The van der Waals surface area contributed by atoms with Crippen LogP contribution in [0.1, 0.15) is 49.3 Å². The average Bonchev–Trinajstić information content (AvgIpc) is 3.12. The smallest absolute Gasteiger partial charge is 0.266 e. The third kappa shape index (κ3) is 4.50. The van der Waals surface area contributed by atoms with Gasteiger partial charge in [0.1, 0.15) is 17.7 Å². The molecule has 1 saturated carbocycles. The van der Waals surface area contributed by atoms with Crippen molar-refractivity contribution in [3.05, 3.63) is 76.3 Å². The largest absolute Gasteiger partial charge is 0.351 e. The van der Waals surface area contributed by atoms with Gasteiger partial charge in [-0.1, -0.05) is 73.3 Å². The van der Waals surface area contributed by atoms with Crippen LogP contribution in [-0.4, -0.2) is 29.3 Å². The number of nitrogens with zero attached hydrogens (tertiary/aromatic N) is 2.